The van der Waals surface area contributed by atoms with E-state index >= 15 is 0 Å². The van der Waals surface area contributed by atoms with Crippen LogP contribution in [0.2, 0.25) is 0 Å². The van der Waals surface area contributed by atoms with Crippen LogP contribution in [0.5, 0.6) is 0 Å². The lowest BCUT2D eigenvalue weighted by molar-refractivity contribution is 0.0867. The second-order valence-corrected chi connectivity index (χ2v) is 11.3. The first-order valence-corrected chi connectivity index (χ1v) is 14.0. The number of terminal acetylenes is 1. The molecule has 5 N–H and O–H groups in total. The topological polar surface area (TPSA) is 152 Å². The van der Waals surface area contributed by atoms with Gasteiger partial charge in [0.15, 0.2) is 23.1 Å². The highest BCUT2D eigenvalue weighted by atomic mass is 16.4. The number of nitrogens with two attached hydrogens (primary N) is 1. The SMILES string of the molecule is C#CC1CCC(Cn2c(C(C)(O)c3ccccc3)nc3nc(C(N)=NC(=O)O)nc(NC(C)C4CCC4)c32)CC1. The molecule has 2 aromatic heterocycles. The van der Waals surface area contributed by atoms with Crippen molar-refractivity contribution in [1.29, 1.82) is 0 Å². The van der Waals surface area contributed by atoms with E-state index < -0.39 is 11.7 Å². The maximum absolute atomic E-state index is 11.9. The highest BCUT2D eigenvalue weighted by molar-refractivity contribution is 6.01. The van der Waals surface area contributed by atoms with Gasteiger partial charge in [-0.05, 0) is 69.8 Å². The number of rotatable bonds is 8. The van der Waals surface area contributed by atoms with Gasteiger partial charge in [-0.3, -0.25) is 0 Å². The summed E-state index contributed by atoms with van der Waals surface area (Å²) in [4.78, 5) is 28.8. The van der Waals surface area contributed by atoms with E-state index in [0.29, 0.717) is 52.7 Å². The number of amidine groups is 1. The number of aliphatic hydroxyl groups is 1. The lowest BCUT2D eigenvalue weighted by Gasteiger charge is -2.33. The lowest BCUT2D eigenvalue weighted by atomic mass is 9.80. The summed E-state index contributed by atoms with van der Waals surface area (Å²) < 4.78 is 2.04. The highest BCUT2D eigenvalue weighted by Gasteiger charge is 2.35. The van der Waals surface area contributed by atoms with Gasteiger partial charge in [-0.2, -0.15) is 4.99 Å². The van der Waals surface area contributed by atoms with Crippen molar-refractivity contribution in [3.63, 3.8) is 0 Å². The Labute approximate surface area is 234 Å². The van der Waals surface area contributed by atoms with Crippen molar-refractivity contribution in [2.75, 3.05) is 5.32 Å². The number of hydrogen-bond acceptors (Lipinski definition) is 6. The van der Waals surface area contributed by atoms with E-state index in [0.717, 1.165) is 38.5 Å². The number of aromatic nitrogens is 4. The molecule has 3 aromatic rings. The zero-order valence-electron chi connectivity index (χ0n) is 23.0. The molecule has 40 heavy (non-hydrogen) atoms. The molecule has 2 fully saturated rings. The molecule has 2 unspecified atom stereocenters. The van der Waals surface area contributed by atoms with Crippen LogP contribution in [0.1, 0.15) is 76.0 Å². The first-order chi connectivity index (χ1) is 19.2. The Bertz CT molecular complexity index is 1450. The van der Waals surface area contributed by atoms with E-state index in [1.54, 1.807) is 6.92 Å². The molecule has 0 radical (unpaired) electrons. The molecule has 210 valence electrons. The largest absolute Gasteiger partial charge is 0.463 e. The van der Waals surface area contributed by atoms with E-state index in [4.69, 9.17) is 17.1 Å². The fourth-order valence-corrected chi connectivity index (χ4v) is 5.89. The average molecular weight is 544 g/mol. The number of anilines is 1. The minimum atomic E-state index is -1.43. The van der Waals surface area contributed by atoms with Crippen LogP contribution in [0.15, 0.2) is 35.3 Å². The van der Waals surface area contributed by atoms with Crippen LogP contribution in [0.3, 0.4) is 0 Å². The van der Waals surface area contributed by atoms with Gasteiger partial charge >= 0.3 is 6.09 Å². The predicted octanol–water partition coefficient (Wildman–Crippen LogP) is 4.51. The average Bonchev–Trinajstić information content (AvgIpc) is 3.27. The summed E-state index contributed by atoms with van der Waals surface area (Å²) in [6.07, 6.45) is 11.6. The monoisotopic (exact) mass is 543 g/mol. The van der Waals surface area contributed by atoms with Gasteiger partial charge in [-0.25, -0.2) is 19.7 Å². The van der Waals surface area contributed by atoms with Gasteiger partial charge in [0.25, 0.3) is 0 Å². The van der Waals surface area contributed by atoms with Crippen molar-refractivity contribution >= 4 is 28.9 Å². The van der Waals surface area contributed by atoms with Gasteiger partial charge in [-0.15, -0.1) is 12.3 Å². The number of hydrogen-bond donors (Lipinski definition) is 4. The molecule has 1 amide bonds. The third-order valence-electron chi connectivity index (χ3n) is 8.56. The highest BCUT2D eigenvalue weighted by Crippen LogP contribution is 2.37. The maximum Gasteiger partial charge on any atom is 0.433 e. The summed E-state index contributed by atoms with van der Waals surface area (Å²) in [6.45, 7) is 4.46. The molecule has 5 rings (SSSR count). The number of aliphatic imine (C=N–C) groups is 1. The molecule has 2 saturated carbocycles. The number of nitrogens with one attached hydrogen (secondary N) is 1. The summed E-state index contributed by atoms with van der Waals surface area (Å²) in [5.74, 6) is 4.63. The minimum Gasteiger partial charge on any atom is -0.463 e. The molecule has 10 heteroatoms. The van der Waals surface area contributed by atoms with Crippen molar-refractivity contribution in [2.45, 2.75) is 77.0 Å². The summed E-state index contributed by atoms with van der Waals surface area (Å²) in [6, 6.07) is 9.52. The maximum atomic E-state index is 11.9. The van der Waals surface area contributed by atoms with Gasteiger partial charge in [0.05, 0.1) is 0 Å². The summed E-state index contributed by atoms with van der Waals surface area (Å²) in [7, 11) is 0. The molecule has 0 bridgehead atoms. The second kappa shape index (κ2) is 11.3. The van der Waals surface area contributed by atoms with Gasteiger partial charge in [0, 0.05) is 18.5 Å². The number of carbonyl (C=O) groups is 1. The van der Waals surface area contributed by atoms with E-state index in [2.05, 4.69) is 33.1 Å². The Balaban J connectivity index is 1.68. The van der Waals surface area contributed by atoms with Gasteiger partial charge in [0.2, 0.25) is 0 Å². The van der Waals surface area contributed by atoms with Gasteiger partial charge < -0.3 is 25.8 Å². The zero-order valence-corrected chi connectivity index (χ0v) is 23.0. The Morgan fingerprint density at radius 1 is 1.20 bits per heavy atom. The van der Waals surface area contributed by atoms with Crippen molar-refractivity contribution in [3.05, 3.63) is 47.5 Å². The quantitative estimate of drug-likeness (QED) is 0.184. The molecule has 2 atom stereocenters. The molecular weight excluding hydrogens is 506 g/mol. The third kappa shape index (κ3) is 5.52. The first kappa shape index (κ1) is 27.6. The van der Waals surface area contributed by atoms with Gasteiger partial charge in [-0.1, -0.05) is 36.8 Å². The third-order valence-corrected chi connectivity index (χ3v) is 8.56. The van der Waals surface area contributed by atoms with Crippen LogP contribution in [0.25, 0.3) is 11.2 Å². The molecule has 0 spiro atoms. The summed E-state index contributed by atoms with van der Waals surface area (Å²) in [5.41, 5.74) is 6.23. The number of fused-ring (bicyclic) bond motifs is 1. The normalized spacial score (nSPS) is 22.2. The number of nitrogens with zero attached hydrogens (tertiary/aromatic N) is 5. The molecular formula is C30H37N7O3. The fraction of sp³-hybridized carbons (Fsp3) is 0.500. The summed E-state index contributed by atoms with van der Waals surface area (Å²) in [5, 5.41) is 24.7. The van der Waals surface area contributed by atoms with E-state index in [-0.39, 0.29) is 17.7 Å². The molecule has 10 nitrogen and oxygen atoms in total. The fourth-order valence-electron chi connectivity index (χ4n) is 5.89. The second-order valence-electron chi connectivity index (χ2n) is 11.3. The van der Waals surface area contributed by atoms with Crippen LogP contribution in [-0.2, 0) is 12.1 Å². The van der Waals surface area contributed by atoms with Crippen LogP contribution in [0, 0.1) is 30.1 Å². The van der Waals surface area contributed by atoms with Crippen LogP contribution in [0.4, 0.5) is 10.6 Å². The number of imidazole rings is 1. The minimum absolute atomic E-state index is 0.0247. The molecule has 0 saturated heterocycles. The molecule has 1 aromatic carbocycles. The van der Waals surface area contributed by atoms with Crippen LogP contribution < -0.4 is 11.1 Å². The number of amides is 1. The van der Waals surface area contributed by atoms with E-state index in [1.165, 1.54) is 6.42 Å². The predicted molar refractivity (Wildman–Crippen MR) is 154 cm³/mol. The van der Waals surface area contributed by atoms with Crippen molar-refractivity contribution < 1.29 is 15.0 Å². The Kier molecular flexibility index (Phi) is 7.76. The number of carboxylic acid groups (broad SMARTS) is 1. The Hall–Kier alpha value is -3.97. The lowest BCUT2D eigenvalue weighted by Crippen LogP contribution is -2.32. The van der Waals surface area contributed by atoms with Crippen molar-refractivity contribution in [3.8, 4) is 12.3 Å². The van der Waals surface area contributed by atoms with E-state index in [1.807, 2.05) is 34.9 Å². The van der Waals surface area contributed by atoms with E-state index in [9.17, 15) is 15.0 Å². The number of benzene rings is 1. The first-order valence-electron chi connectivity index (χ1n) is 14.0. The molecule has 2 heterocycles. The standard InChI is InChI=1S/C30H37N7O3/c1-4-19-13-15-20(16-14-19)17-37-23-25(32-18(2)21-9-8-10-21)34-27(24(31)33-29(38)39)35-26(23)36-28(37)30(3,40)22-11-6-5-7-12-22/h1,5-7,11-12,18-21,40H,8-10,13-17H2,2-3H3,(H2,31,33)(H,38,39)(H,32,34,35). The Morgan fingerprint density at radius 2 is 1.90 bits per heavy atom. The zero-order chi connectivity index (χ0) is 28.4. The summed E-state index contributed by atoms with van der Waals surface area (Å²) >= 11 is 0. The van der Waals surface area contributed by atoms with Crippen molar-refractivity contribution in [2.24, 2.45) is 28.5 Å². The van der Waals surface area contributed by atoms with Crippen LogP contribution in [-0.4, -0.2) is 47.7 Å². The molecule has 2 aliphatic carbocycles. The van der Waals surface area contributed by atoms with Gasteiger partial charge in [0.1, 0.15) is 16.9 Å². The Morgan fingerprint density at radius 3 is 2.50 bits per heavy atom. The molecule has 2 aliphatic rings. The smallest absolute Gasteiger partial charge is 0.433 e. The molecule has 0 aliphatic heterocycles. The van der Waals surface area contributed by atoms with Crippen LogP contribution >= 0.6 is 0 Å². The van der Waals surface area contributed by atoms with Crippen molar-refractivity contribution in [1.82, 2.24) is 19.5 Å².